The summed E-state index contributed by atoms with van der Waals surface area (Å²) in [4.78, 5) is 0. The Bertz CT molecular complexity index is 596. The summed E-state index contributed by atoms with van der Waals surface area (Å²) >= 11 is 0. The average Bonchev–Trinajstić information content (AvgIpc) is 2.77. The Morgan fingerprint density at radius 1 is 1.40 bits per heavy atom. The highest BCUT2D eigenvalue weighted by Crippen LogP contribution is 2.37. The predicted octanol–water partition coefficient (Wildman–Crippen LogP) is 3.30. The summed E-state index contributed by atoms with van der Waals surface area (Å²) in [7, 11) is 1.96. The number of nitrogens with zero attached hydrogens (tertiary/aromatic N) is 2. The van der Waals surface area contributed by atoms with Gasteiger partial charge in [-0.2, -0.15) is 5.10 Å². The Kier molecular flexibility index (Phi) is 3.62. The van der Waals surface area contributed by atoms with E-state index in [0.29, 0.717) is 0 Å². The van der Waals surface area contributed by atoms with E-state index in [0.717, 1.165) is 23.6 Å². The van der Waals surface area contributed by atoms with E-state index >= 15 is 0 Å². The van der Waals surface area contributed by atoms with Crippen molar-refractivity contribution in [2.75, 3.05) is 0 Å². The van der Waals surface area contributed by atoms with Crippen molar-refractivity contribution < 1.29 is 0 Å². The fraction of sp³-hybridized carbons (Fsp3) is 0.471. The highest BCUT2D eigenvalue weighted by atomic mass is 15.3. The zero-order valence-electron chi connectivity index (χ0n) is 12.3. The second-order valence-electron chi connectivity index (χ2n) is 5.83. The van der Waals surface area contributed by atoms with Crippen LogP contribution in [0.5, 0.6) is 0 Å². The molecule has 0 bridgehead atoms. The zero-order chi connectivity index (χ0) is 14.1. The minimum atomic E-state index is -0.0707. The molecule has 20 heavy (non-hydrogen) atoms. The zero-order valence-corrected chi connectivity index (χ0v) is 12.3. The van der Waals surface area contributed by atoms with Crippen LogP contribution in [0.15, 0.2) is 30.5 Å². The van der Waals surface area contributed by atoms with E-state index in [4.69, 9.17) is 5.73 Å². The molecule has 1 aliphatic rings. The molecule has 2 aromatic rings. The summed E-state index contributed by atoms with van der Waals surface area (Å²) in [5.74, 6) is 0.752. The lowest BCUT2D eigenvalue weighted by Crippen LogP contribution is -2.15. The molecule has 0 radical (unpaired) electrons. The molecule has 106 valence electrons. The Morgan fingerprint density at radius 2 is 2.20 bits per heavy atom. The fourth-order valence-corrected chi connectivity index (χ4v) is 3.01. The van der Waals surface area contributed by atoms with Crippen molar-refractivity contribution in [3.63, 3.8) is 0 Å². The molecular weight excluding hydrogens is 246 g/mol. The van der Waals surface area contributed by atoms with E-state index in [1.54, 1.807) is 0 Å². The van der Waals surface area contributed by atoms with Crippen LogP contribution < -0.4 is 5.73 Å². The molecule has 3 nitrogen and oxygen atoms in total. The van der Waals surface area contributed by atoms with E-state index in [1.807, 2.05) is 11.7 Å². The Morgan fingerprint density at radius 3 is 2.85 bits per heavy atom. The number of hydrogen-bond acceptors (Lipinski definition) is 2. The number of benzene rings is 1. The topological polar surface area (TPSA) is 43.8 Å². The average molecular weight is 269 g/mol. The van der Waals surface area contributed by atoms with Gasteiger partial charge in [-0.05, 0) is 36.3 Å². The predicted molar refractivity (Wildman–Crippen MR) is 81.7 cm³/mol. The van der Waals surface area contributed by atoms with Gasteiger partial charge in [-0.25, -0.2) is 0 Å². The minimum absolute atomic E-state index is 0.0707. The summed E-state index contributed by atoms with van der Waals surface area (Å²) < 4.78 is 1.86. The van der Waals surface area contributed by atoms with Crippen molar-refractivity contribution >= 4 is 0 Å². The molecule has 1 fully saturated rings. The van der Waals surface area contributed by atoms with Crippen molar-refractivity contribution in [3.8, 4) is 0 Å². The third-order valence-electron chi connectivity index (χ3n) is 4.45. The van der Waals surface area contributed by atoms with Gasteiger partial charge in [0.05, 0.1) is 11.7 Å². The van der Waals surface area contributed by atoms with Gasteiger partial charge in [0, 0.05) is 18.8 Å². The van der Waals surface area contributed by atoms with Crippen LogP contribution >= 0.6 is 0 Å². The van der Waals surface area contributed by atoms with Gasteiger partial charge in [0.2, 0.25) is 0 Å². The highest BCUT2D eigenvalue weighted by Gasteiger charge is 2.21. The van der Waals surface area contributed by atoms with Gasteiger partial charge < -0.3 is 5.73 Å². The maximum Gasteiger partial charge on any atom is 0.0672 e. The fourth-order valence-electron chi connectivity index (χ4n) is 3.01. The first-order valence-electron chi connectivity index (χ1n) is 7.57. The van der Waals surface area contributed by atoms with Crippen LogP contribution in [0.1, 0.15) is 60.5 Å². The number of aryl methyl sites for hydroxylation is 2. The molecule has 0 saturated heterocycles. The third-order valence-corrected chi connectivity index (χ3v) is 4.45. The third kappa shape index (κ3) is 2.38. The second kappa shape index (κ2) is 5.41. The Labute approximate surface area is 120 Å². The van der Waals surface area contributed by atoms with Gasteiger partial charge >= 0.3 is 0 Å². The van der Waals surface area contributed by atoms with E-state index in [9.17, 15) is 0 Å². The molecule has 3 heteroatoms. The lowest BCUT2D eigenvalue weighted by molar-refractivity contribution is 0.419. The number of rotatable bonds is 4. The molecule has 2 N–H and O–H groups in total. The quantitative estimate of drug-likeness (QED) is 0.925. The highest BCUT2D eigenvalue weighted by molar-refractivity contribution is 5.36. The van der Waals surface area contributed by atoms with E-state index < -0.39 is 0 Å². The second-order valence-corrected chi connectivity index (χ2v) is 5.83. The Balaban J connectivity index is 1.91. The van der Waals surface area contributed by atoms with Crippen molar-refractivity contribution in [2.24, 2.45) is 12.8 Å². The smallest absolute Gasteiger partial charge is 0.0672 e. The SMILES string of the molecule is CCc1nn(C)cc1C(N)c1cccc(C2CCC2)c1. The van der Waals surface area contributed by atoms with Crippen LogP contribution in [0.4, 0.5) is 0 Å². The van der Waals surface area contributed by atoms with Crippen molar-refractivity contribution in [3.05, 3.63) is 52.8 Å². The summed E-state index contributed by atoms with van der Waals surface area (Å²) in [6.45, 7) is 2.13. The first-order valence-corrected chi connectivity index (χ1v) is 7.57. The standard InChI is InChI=1S/C17H23N3/c1-3-16-15(11-20(2)19-16)17(18)14-9-5-8-13(10-14)12-6-4-7-12/h5,8-12,17H,3-4,6-7,18H2,1-2H3. The molecule has 1 saturated carbocycles. The summed E-state index contributed by atoms with van der Waals surface area (Å²) in [6, 6.07) is 8.74. The van der Waals surface area contributed by atoms with Gasteiger partial charge in [-0.3, -0.25) is 4.68 Å². The molecule has 1 aromatic heterocycles. The van der Waals surface area contributed by atoms with Crippen molar-refractivity contribution in [1.82, 2.24) is 9.78 Å². The lowest BCUT2D eigenvalue weighted by atomic mass is 9.79. The summed E-state index contributed by atoms with van der Waals surface area (Å²) in [5, 5.41) is 4.50. The van der Waals surface area contributed by atoms with E-state index in [2.05, 4.69) is 42.5 Å². The van der Waals surface area contributed by atoms with Crippen molar-refractivity contribution in [2.45, 2.75) is 44.6 Å². The van der Waals surface area contributed by atoms with Crippen LogP contribution in [-0.2, 0) is 13.5 Å². The molecule has 1 heterocycles. The summed E-state index contributed by atoms with van der Waals surface area (Å²) in [5.41, 5.74) is 11.4. The van der Waals surface area contributed by atoms with Crippen LogP contribution in [-0.4, -0.2) is 9.78 Å². The minimum Gasteiger partial charge on any atom is -0.320 e. The molecule has 1 aromatic carbocycles. The molecule has 1 aliphatic carbocycles. The van der Waals surface area contributed by atoms with Gasteiger partial charge in [-0.1, -0.05) is 37.6 Å². The van der Waals surface area contributed by atoms with Crippen LogP contribution in [0.2, 0.25) is 0 Å². The van der Waals surface area contributed by atoms with Gasteiger partial charge in [0.1, 0.15) is 0 Å². The molecule has 0 aliphatic heterocycles. The van der Waals surface area contributed by atoms with Crippen LogP contribution in [0.3, 0.4) is 0 Å². The number of hydrogen-bond donors (Lipinski definition) is 1. The first-order chi connectivity index (χ1) is 9.69. The van der Waals surface area contributed by atoms with Crippen LogP contribution in [0.25, 0.3) is 0 Å². The maximum atomic E-state index is 6.48. The van der Waals surface area contributed by atoms with E-state index in [1.165, 1.54) is 30.4 Å². The lowest BCUT2D eigenvalue weighted by Gasteiger charge is -2.26. The van der Waals surface area contributed by atoms with Gasteiger partial charge in [0.15, 0.2) is 0 Å². The van der Waals surface area contributed by atoms with E-state index in [-0.39, 0.29) is 6.04 Å². The summed E-state index contributed by atoms with van der Waals surface area (Å²) in [6.07, 6.45) is 6.99. The molecule has 0 spiro atoms. The molecule has 0 amide bonds. The van der Waals surface area contributed by atoms with Crippen molar-refractivity contribution in [1.29, 1.82) is 0 Å². The van der Waals surface area contributed by atoms with Crippen LogP contribution in [0, 0.1) is 0 Å². The molecular formula is C17H23N3. The number of nitrogens with two attached hydrogens (primary N) is 1. The molecule has 1 atom stereocenters. The molecule has 1 unspecified atom stereocenters. The molecule has 3 rings (SSSR count). The normalized spacial score (nSPS) is 16.9. The largest absolute Gasteiger partial charge is 0.320 e. The maximum absolute atomic E-state index is 6.48. The number of aromatic nitrogens is 2. The monoisotopic (exact) mass is 269 g/mol. The van der Waals surface area contributed by atoms with Gasteiger partial charge in [-0.15, -0.1) is 0 Å². The first kappa shape index (κ1) is 13.4. The van der Waals surface area contributed by atoms with Gasteiger partial charge in [0.25, 0.3) is 0 Å². The Hall–Kier alpha value is -1.61.